The minimum atomic E-state index is -3.54. The predicted octanol–water partition coefficient (Wildman–Crippen LogP) is 1.29. The first-order valence-electron chi connectivity index (χ1n) is 7.14. The van der Waals surface area contributed by atoms with Gasteiger partial charge in [-0.2, -0.15) is 4.31 Å². The largest absolute Gasteiger partial charge is 0.350 e. The molecular weight excluding hydrogens is 346 g/mol. The molecule has 1 saturated heterocycles. The summed E-state index contributed by atoms with van der Waals surface area (Å²) in [6, 6.07) is 1.53. The molecule has 0 saturated carbocycles. The number of nitrogens with zero attached hydrogens (tertiary/aromatic N) is 1. The molecule has 1 aliphatic heterocycles. The van der Waals surface area contributed by atoms with Crippen molar-refractivity contribution >= 4 is 39.7 Å². The van der Waals surface area contributed by atoms with Gasteiger partial charge in [0, 0.05) is 26.2 Å². The van der Waals surface area contributed by atoms with Crippen LogP contribution in [0.25, 0.3) is 0 Å². The first-order valence-corrected chi connectivity index (χ1v) is 9.46. The summed E-state index contributed by atoms with van der Waals surface area (Å²) in [4.78, 5) is 12.6. The fraction of sp³-hybridized carbons (Fsp3) is 0.615. The SMILES string of the molecule is CCNCCNC(=O)c1sccc1S(=O)(=O)N1CCCC1.Cl. The number of nitrogens with one attached hydrogen (secondary N) is 2. The maximum Gasteiger partial charge on any atom is 0.262 e. The van der Waals surface area contributed by atoms with Crippen LogP contribution < -0.4 is 10.6 Å². The van der Waals surface area contributed by atoms with Crippen LogP contribution in [0.3, 0.4) is 0 Å². The number of likely N-dealkylation sites (N-methyl/N-ethyl adjacent to an activating group) is 1. The summed E-state index contributed by atoms with van der Waals surface area (Å²) in [6.07, 6.45) is 1.77. The topological polar surface area (TPSA) is 78.5 Å². The summed E-state index contributed by atoms with van der Waals surface area (Å²) in [5, 5.41) is 7.50. The van der Waals surface area contributed by atoms with E-state index in [1.807, 2.05) is 6.92 Å². The van der Waals surface area contributed by atoms with Crippen LogP contribution in [0.15, 0.2) is 16.3 Å². The smallest absolute Gasteiger partial charge is 0.262 e. The van der Waals surface area contributed by atoms with Gasteiger partial charge in [0.15, 0.2) is 0 Å². The van der Waals surface area contributed by atoms with Gasteiger partial charge in [-0.3, -0.25) is 4.79 Å². The number of carbonyl (C=O) groups excluding carboxylic acids is 1. The van der Waals surface area contributed by atoms with Gasteiger partial charge in [0.1, 0.15) is 9.77 Å². The van der Waals surface area contributed by atoms with Gasteiger partial charge in [-0.1, -0.05) is 6.92 Å². The van der Waals surface area contributed by atoms with E-state index in [-0.39, 0.29) is 28.1 Å². The van der Waals surface area contributed by atoms with Gasteiger partial charge in [0.2, 0.25) is 10.0 Å². The molecule has 1 amide bonds. The van der Waals surface area contributed by atoms with Gasteiger partial charge >= 0.3 is 0 Å². The minimum Gasteiger partial charge on any atom is -0.350 e. The van der Waals surface area contributed by atoms with Crippen molar-refractivity contribution in [3.63, 3.8) is 0 Å². The van der Waals surface area contributed by atoms with E-state index in [1.165, 1.54) is 21.7 Å². The van der Waals surface area contributed by atoms with Gasteiger partial charge in [-0.15, -0.1) is 23.7 Å². The molecule has 0 unspecified atom stereocenters. The third-order valence-corrected chi connectivity index (χ3v) is 6.34. The molecule has 0 bridgehead atoms. The molecule has 1 aliphatic rings. The number of halogens is 1. The molecular formula is C13H22ClN3O3S2. The standard InChI is InChI=1S/C13H21N3O3S2.ClH/c1-2-14-6-7-15-13(17)12-11(5-10-20-12)21(18,19)16-8-3-4-9-16;/h5,10,14H,2-4,6-9H2,1H3,(H,15,17);1H. The highest BCUT2D eigenvalue weighted by molar-refractivity contribution is 7.89. The van der Waals surface area contributed by atoms with E-state index < -0.39 is 10.0 Å². The molecule has 1 aromatic rings. The van der Waals surface area contributed by atoms with E-state index in [9.17, 15) is 13.2 Å². The summed E-state index contributed by atoms with van der Waals surface area (Å²) in [6.45, 7) is 5.06. The Bertz CT molecular complexity index is 583. The Morgan fingerprint density at radius 1 is 1.32 bits per heavy atom. The average Bonchev–Trinajstić information content (AvgIpc) is 3.13. The Balaban J connectivity index is 0.00000242. The first kappa shape index (κ1) is 19.4. The normalized spacial score (nSPS) is 15.5. The Hall–Kier alpha value is -0.670. The van der Waals surface area contributed by atoms with Crippen molar-refractivity contribution in [3.8, 4) is 0 Å². The van der Waals surface area contributed by atoms with E-state index in [0.717, 1.165) is 19.4 Å². The quantitative estimate of drug-likeness (QED) is 0.712. The van der Waals surface area contributed by atoms with Crippen molar-refractivity contribution in [2.45, 2.75) is 24.7 Å². The molecule has 126 valence electrons. The molecule has 0 atom stereocenters. The number of thiophene rings is 1. The van der Waals surface area contributed by atoms with Gasteiger partial charge in [0.25, 0.3) is 5.91 Å². The Labute approximate surface area is 141 Å². The van der Waals surface area contributed by atoms with Crippen LogP contribution in [0.1, 0.15) is 29.4 Å². The van der Waals surface area contributed by atoms with E-state index in [1.54, 1.807) is 5.38 Å². The zero-order valence-electron chi connectivity index (χ0n) is 12.5. The van der Waals surface area contributed by atoms with Gasteiger partial charge < -0.3 is 10.6 Å². The maximum atomic E-state index is 12.5. The number of hydrogen-bond acceptors (Lipinski definition) is 5. The van der Waals surface area contributed by atoms with Crippen molar-refractivity contribution in [3.05, 3.63) is 16.3 Å². The molecule has 2 N–H and O–H groups in total. The molecule has 6 nitrogen and oxygen atoms in total. The lowest BCUT2D eigenvalue weighted by molar-refractivity contribution is 0.0955. The van der Waals surface area contributed by atoms with Crippen LogP contribution in [-0.4, -0.2) is 51.4 Å². The van der Waals surface area contributed by atoms with Crippen LogP contribution >= 0.6 is 23.7 Å². The molecule has 22 heavy (non-hydrogen) atoms. The molecule has 9 heteroatoms. The fourth-order valence-electron chi connectivity index (χ4n) is 2.26. The molecule has 2 heterocycles. The Kier molecular flexibility index (Phi) is 7.78. The van der Waals surface area contributed by atoms with Crippen molar-refractivity contribution < 1.29 is 13.2 Å². The molecule has 2 rings (SSSR count). The zero-order valence-corrected chi connectivity index (χ0v) is 15.0. The van der Waals surface area contributed by atoms with Crippen molar-refractivity contribution in [1.29, 1.82) is 0 Å². The molecule has 0 radical (unpaired) electrons. The van der Waals surface area contributed by atoms with E-state index in [0.29, 0.717) is 26.2 Å². The van der Waals surface area contributed by atoms with Gasteiger partial charge in [-0.25, -0.2) is 8.42 Å². The lowest BCUT2D eigenvalue weighted by Crippen LogP contribution is -2.33. The lowest BCUT2D eigenvalue weighted by Gasteiger charge is -2.15. The molecule has 1 aromatic heterocycles. The van der Waals surface area contributed by atoms with Crippen LogP contribution in [-0.2, 0) is 10.0 Å². The predicted molar refractivity (Wildman–Crippen MR) is 90.4 cm³/mol. The van der Waals surface area contributed by atoms with E-state index >= 15 is 0 Å². The highest BCUT2D eigenvalue weighted by atomic mass is 35.5. The molecule has 0 spiro atoms. The number of rotatable bonds is 7. The first-order chi connectivity index (χ1) is 10.1. The highest BCUT2D eigenvalue weighted by Crippen LogP contribution is 2.27. The summed E-state index contributed by atoms with van der Waals surface area (Å²) in [5.41, 5.74) is 0. The van der Waals surface area contributed by atoms with Crippen molar-refractivity contribution in [1.82, 2.24) is 14.9 Å². The van der Waals surface area contributed by atoms with Gasteiger partial charge in [0.05, 0.1) is 0 Å². The molecule has 0 aromatic carbocycles. The summed E-state index contributed by atoms with van der Waals surface area (Å²) >= 11 is 1.17. The minimum absolute atomic E-state index is 0. The molecule has 1 fully saturated rings. The lowest BCUT2D eigenvalue weighted by atomic mass is 10.4. The second kappa shape index (κ2) is 8.83. The van der Waals surface area contributed by atoms with E-state index in [4.69, 9.17) is 0 Å². The summed E-state index contributed by atoms with van der Waals surface area (Å²) in [7, 11) is -3.54. The third-order valence-electron chi connectivity index (χ3n) is 3.36. The summed E-state index contributed by atoms with van der Waals surface area (Å²) < 4.78 is 26.5. The number of carbonyl (C=O) groups is 1. The highest BCUT2D eigenvalue weighted by Gasteiger charge is 2.31. The number of sulfonamides is 1. The number of hydrogen-bond donors (Lipinski definition) is 2. The number of amides is 1. The van der Waals surface area contributed by atoms with Crippen LogP contribution in [0.4, 0.5) is 0 Å². The third kappa shape index (κ3) is 4.42. The van der Waals surface area contributed by atoms with Crippen molar-refractivity contribution in [2.24, 2.45) is 0 Å². The Morgan fingerprint density at radius 3 is 2.64 bits per heavy atom. The second-order valence-electron chi connectivity index (χ2n) is 4.83. The molecule has 0 aliphatic carbocycles. The van der Waals surface area contributed by atoms with Crippen LogP contribution in [0, 0.1) is 0 Å². The van der Waals surface area contributed by atoms with Crippen LogP contribution in [0.5, 0.6) is 0 Å². The maximum absolute atomic E-state index is 12.5. The zero-order chi connectivity index (χ0) is 15.3. The Morgan fingerprint density at radius 2 is 2.00 bits per heavy atom. The van der Waals surface area contributed by atoms with Crippen LogP contribution in [0.2, 0.25) is 0 Å². The van der Waals surface area contributed by atoms with Crippen molar-refractivity contribution in [2.75, 3.05) is 32.7 Å². The average molecular weight is 368 g/mol. The summed E-state index contributed by atoms with van der Waals surface area (Å²) in [5.74, 6) is -0.319. The monoisotopic (exact) mass is 367 g/mol. The van der Waals surface area contributed by atoms with Gasteiger partial charge in [-0.05, 0) is 30.8 Å². The van der Waals surface area contributed by atoms with E-state index in [2.05, 4.69) is 10.6 Å². The fourth-order valence-corrected chi connectivity index (χ4v) is 5.09. The second-order valence-corrected chi connectivity index (χ2v) is 7.66.